The molecule has 1 N–H and O–H groups in total. The number of nitrogens with one attached hydrogen (secondary N) is 1. The van der Waals surface area contributed by atoms with E-state index in [0.29, 0.717) is 0 Å². The van der Waals surface area contributed by atoms with Gasteiger partial charge in [0, 0.05) is 48.6 Å². The van der Waals surface area contributed by atoms with Gasteiger partial charge in [0.05, 0.1) is 0 Å². The Hall–Kier alpha value is -1.46. The summed E-state index contributed by atoms with van der Waals surface area (Å²) in [6.45, 7) is 6.03. The maximum Gasteiger partial charge on any atom is 0.225 e. The van der Waals surface area contributed by atoms with Crippen LogP contribution in [0.4, 0.5) is 5.95 Å². The summed E-state index contributed by atoms with van der Waals surface area (Å²) in [5, 5.41) is 3.33. The average molecular weight is 333 g/mol. The molecule has 1 aliphatic heterocycles. The summed E-state index contributed by atoms with van der Waals surface area (Å²) in [5.74, 6) is 0.822. The zero-order chi connectivity index (χ0) is 13.9. The van der Waals surface area contributed by atoms with Crippen LogP contribution in [0.15, 0.2) is 35.1 Å². The van der Waals surface area contributed by atoms with Crippen molar-refractivity contribution in [2.45, 2.75) is 6.92 Å². The molecule has 0 saturated carbocycles. The summed E-state index contributed by atoms with van der Waals surface area (Å²) in [6, 6.07) is 6.26. The predicted octanol–water partition coefficient (Wildman–Crippen LogP) is 2.62. The van der Waals surface area contributed by atoms with E-state index in [9.17, 15) is 0 Å². The fraction of sp³-hybridized carbons (Fsp3) is 0.333. The van der Waals surface area contributed by atoms with Gasteiger partial charge in [-0.2, -0.15) is 0 Å². The Kier molecular flexibility index (Phi) is 3.98. The second-order valence-electron chi connectivity index (χ2n) is 4.97. The number of rotatable bonds is 2. The predicted molar refractivity (Wildman–Crippen MR) is 85.0 cm³/mol. The van der Waals surface area contributed by atoms with Crippen LogP contribution in [0, 0.1) is 6.92 Å². The van der Waals surface area contributed by atoms with Gasteiger partial charge in [0.25, 0.3) is 0 Å². The summed E-state index contributed by atoms with van der Waals surface area (Å²) < 4.78 is 1.07. The van der Waals surface area contributed by atoms with Crippen LogP contribution in [0.5, 0.6) is 0 Å². The SMILES string of the molecule is Cc1ccc(Br)cc1-c1cnc(N2CCNCC2)nc1. The highest BCUT2D eigenvalue weighted by molar-refractivity contribution is 9.10. The van der Waals surface area contributed by atoms with Gasteiger partial charge in [-0.3, -0.25) is 0 Å². The third-order valence-corrected chi connectivity index (χ3v) is 4.04. The van der Waals surface area contributed by atoms with Crippen LogP contribution in [0.3, 0.4) is 0 Å². The molecule has 1 aliphatic rings. The molecule has 0 aliphatic carbocycles. The van der Waals surface area contributed by atoms with Gasteiger partial charge in [0.15, 0.2) is 0 Å². The molecule has 0 bridgehead atoms. The molecule has 4 nitrogen and oxygen atoms in total. The lowest BCUT2D eigenvalue weighted by atomic mass is 10.0. The summed E-state index contributed by atoms with van der Waals surface area (Å²) in [7, 11) is 0. The van der Waals surface area contributed by atoms with Crippen molar-refractivity contribution in [2.24, 2.45) is 0 Å². The minimum absolute atomic E-state index is 0.822. The van der Waals surface area contributed by atoms with E-state index in [1.807, 2.05) is 12.4 Å². The molecule has 0 spiro atoms. The van der Waals surface area contributed by atoms with Gasteiger partial charge in [0.2, 0.25) is 5.95 Å². The van der Waals surface area contributed by atoms with E-state index in [4.69, 9.17) is 0 Å². The van der Waals surface area contributed by atoms with E-state index in [2.05, 4.69) is 61.2 Å². The average Bonchev–Trinajstić information content (AvgIpc) is 2.51. The van der Waals surface area contributed by atoms with E-state index in [-0.39, 0.29) is 0 Å². The number of anilines is 1. The van der Waals surface area contributed by atoms with Crippen molar-refractivity contribution >= 4 is 21.9 Å². The van der Waals surface area contributed by atoms with Gasteiger partial charge in [-0.25, -0.2) is 9.97 Å². The molecule has 0 amide bonds. The van der Waals surface area contributed by atoms with Gasteiger partial charge in [0.1, 0.15) is 0 Å². The third-order valence-electron chi connectivity index (χ3n) is 3.55. The molecule has 3 rings (SSSR count). The highest BCUT2D eigenvalue weighted by atomic mass is 79.9. The first kappa shape index (κ1) is 13.5. The van der Waals surface area contributed by atoms with E-state index in [1.165, 1.54) is 11.1 Å². The maximum absolute atomic E-state index is 4.52. The van der Waals surface area contributed by atoms with Gasteiger partial charge >= 0.3 is 0 Å². The van der Waals surface area contributed by atoms with Crippen molar-refractivity contribution in [3.05, 3.63) is 40.6 Å². The first-order valence-electron chi connectivity index (χ1n) is 6.78. The van der Waals surface area contributed by atoms with Crippen LogP contribution >= 0.6 is 15.9 Å². The van der Waals surface area contributed by atoms with Crippen molar-refractivity contribution in [1.29, 1.82) is 0 Å². The normalized spacial score (nSPS) is 15.4. The number of nitrogens with zero attached hydrogens (tertiary/aromatic N) is 3. The molecule has 2 aromatic rings. The highest BCUT2D eigenvalue weighted by Crippen LogP contribution is 2.26. The summed E-state index contributed by atoms with van der Waals surface area (Å²) >= 11 is 3.51. The lowest BCUT2D eigenvalue weighted by molar-refractivity contribution is 0.580. The van der Waals surface area contributed by atoms with Crippen LogP contribution in [0.25, 0.3) is 11.1 Å². The number of piperazine rings is 1. The van der Waals surface area contributed by atoms with Crippen molar-refractivity contribution in [1.82, 2.24) is 15.3 Å². The molecular formula is C15H17BrN4. The minimum Gasteiger partial charge on any atom is -0.338 e. The van der Waals surface area contributed by atoms with Gasteiger partial charge < -0.3 is 10.2 Å². The first-order valence-corrected chi connectivity index (χ1v) is 7.57. The Morgan fingerprint density at radius 2 is 1.85 bits per heavy atom. The summed E-state index contributed by atoms with van der Waals surface area (Å²) in [6.07, 6.45) is 3.83. The Labute approximate surface area is 127 Å². The smallest absolute Gasteiger partial charge is 0.225 e. The Morgan fingerprint density at radius 3 is 2.55 bits per heavy atom. The molecule has 1 fully saturated rings. The molecule has 1 aromatic heterocycles. The van der Waals surface area contributed by atoms with Gasteiger partial charge in [-0.05, 0) is 30.2 Å². The standard InChI is InChI=1S/C15H17BrN4/c1-11-2-3-13(16)8-14(11)12-9-18-15(19-10-12)20-6-4-17-5-7-20/h2-3,8-10,17H,4-7H2,1H3. The van der Waals surface area contributed by atoms with E-state index in [1.54, 1.807) is 0 Å². The number of benzene rings is 1. The molecule has 2 heterocycles. The number of hydrogen-bond donors (Lipinski definition) is 1. The van der Waals surface area contributed by atoms with Crippen LogP contribution in [-0.2, 0) is 0 Å². The minimum atomic E-state index is 0.822. The largest absolute Gasteiger partial charge is 0.338 e. The summed E-state index contributed by atoms with van der Waals surface area (Å²) in [4.78, 5) is 11.3. The van der Waals surface area contributed by atoms with Crippen LogP contribution < -0.4 is 10.2 Å². The summed E-state index contributed by atoms with van der Waals surface area (Å²) in [5.41, 5.74) is 3.46. The third kappa shape index (κ3) is 2.83. The van der Waals surface area contributed by atoms with Crippen LogP contribution in [0.2, 0.25) is 0 Å². The first-order chi connectivity index (χ1) is 9.74. The molecule has 104 valence electrons. The molecule has 0 radical (unpaired) electrons. The van der Waals surface area contributed by atoms with Gasteiger partial charge in [-0.1, -0.05) is 22.0 Å². The number of aryl methyl sites for hydroxylation is 1. The number of hydrogen-bond acceptors (Lipinski definition) is 4. The van der Waals surface area contributed by atoms with E-state index in [0.717, 1.165) is 42.2 Å². The van der Waals surface area contributed by atoms with Crippen LogP contribution in [-0.4, -0.2) is 36.1 Å². The Bertz CT molecular complexity index is 591. The molecular weight excluding hydrogens is 316 g/mol. The Morgan fingerprint density at radius 1 is 1.15 bits per heavy atom. The highest BCUT2D eigenvalue weighted by Gasteiger charge is 2.13. The van der Waals surface area contributed by atoms with E-state index < -0.39 is 0 Å². The van der Waals surface area contributed by atoms with Crippen molar-refractivity contribution in [3.63, 3.8) is 0 Å². The van der Waals surface area contributed by atoms with Crippen LogP contribution in [0.1, 0.15) is 5.56 Å². The molecule has 1 saturated heterocycles. The molecule has 1 aromatic carbocycles. The van der Waals surface area contributed by atoms with Gasteiger partial charge in [-0.15, -0.1) is 0 Å². The Balaban J connectivity index is 1.87. The lowest BCUT2D eigenvalue weighted by Crippen LogP contribution is -2.44. The van der Waals surface area contributed by atoms with Crippen molar-refractivity contribution in [2.75, 3.05) is 31.1 Å². The second kappa shape index (κ2) is 5.89. The fourth-order valence-electron chi connectivity index (χ4n) is 2.39. The molecule has 20 heavy (non-hydrogen) atoms. The monoisotopic (exact) mass is 332 g/mol. The number of aromatic nitrogens is 2. The quantitative estimate of drug-likeness (QED) is 0.917. The fourth-order valence-corrected chi connectivity index (χ4v) is 2.75. The number of halogens is 1. The molecule has 5 heteroatoms. The topological polar surface area (TPSA) is 41.1 Å². The zero-order valence-corrected chi connectivity index (χ0v) is 13.0. The second-order valence-corrected chi connectivity index (χ2v) is 5.88. The van der Waals surface area contributed by atoms with E-state index >= 15 is 0 Å². The molecule has 0 unspecified atom stereocenters. The maximum atomic E-state index is 4.52. The van der Waals surface area contributed by atoms with Crippen molar-refractivity contribution < 1.29 is 0 Å². The lowest BCUT2D eigenvalue weighted by Gasteiger charge is -2.27. The van der Waals surface area contributed by atoms with Crippen molar-refractivity contribution in [3.8, 4) is 11.1 Å². The molecule has 0 atom stereocenters. The zero-order valence-electron chi connectivity index (χ0n) is 11.4.